The molecule has 0 atom stereocenters. The minimum absolute atomic E-state index is 0.105. The van der Waals surface area contributed by atoms with Crippen molar-refractivity contribution in [3.63, 3.8) is 0 Å². The molecule has 4 nitrogen and oxygen atoms in total. The van der Waals surface area contributed by atoms with Crippen LogP contribution in [0.3, 0.4) is 0 Å². The molecule has 0 heterocycles. The van der Waals surface area contributed by atoms with E-state index in [4.69, 9.17) is 0 Å². The van der Waals surface area contributed by atoms with Gasteiger partial charge in [-0.15, -0.1) is 0 Å². The first-order chi connectivity index (χ1) is 11.0. The average molecular weight is 311 g/mol. The van der Waals surface area contributed by atoms with Crippen molar-refractivity contribution in [2.45, 2.75) is 6.54 Å². The summed E-state index contributed by atoms with van der Waals surface area (Å²) < 4.78 is 0. The van der Waals surface area contributed by atoms with Gasteiger partial charge in [0, 0.05) is 46.1 Å². The lowest BCUT2D eigenvalue weighted by Gasteiger charge is -2.23. The molecule has 1 amide bonds. The summed E-state index contributed by atoms with van der Waals surface area (Å²) in [6, 6.07) is 18.2. The molecule has 0 saturated carbocycles. The molecular weight excluding hydrogens is 286 g/mol. The molecule has 0 aliphatic heterocycles. The molecule has 0 saturated heterocycles. The van der Waals surface area contributed by atoms with E-state index in [1.54, 1.807) is 4.90 Å². The first-order valence-electron chi connectivity index (χ1n) is 7.74. The second-order valence-electron chi connectivity index (χ2n) is 6.00. The summed E-state index contributed by atoms with van der Waals surface area (Å²) in [5.74, 6) is 0.105. The van der Waals surface area contributed by atoms with Crippen LogP contribution < -0.4 is 9.80 Å². The number of benzene rings is 2. The third kappa shape index (κ3) is 4.74. The van der Waals surface area contributed by atoms with Crippen LogP contribution in [-0.4, -0.2) is 45.5 Å². The summed E-state index contributed by atoms with van der Waals surface area (Å²) in [6.45, 7) is 0.992. The number of amides is 1. The monoisotopic (exact) mass is 311 g/mol. The molecule has 0 aromatic heterocycles. The maximum absolute atomic E-state index is 12.4. The molecule has 0 aliphatic carbocycles. The van der Waals surface area contributed by atoms with Gasteiger partial charge in [-0.3, -0.25) is 4.79 Å². The van der Waals surface area contributed by atoms with Crippen LogP contribution in [0.4, 0.5) is 11.4 Å². The first kappa shape index (κ1) is 16.9. The number of para-hydroxylation sites is 1. The molecule has 0 spiro atoms. The van der Waals surface area contributed by atoms with E-state index in [1.807, 2.05) is 63.4 Å². The number of rotatable bonds is 6. The molecule has 0 N–H and O–H groups in total. The van der Waals surface area contributed by atoms with Crippen LogP contribution in [0.2, 0.25) is 0 Å². The van der Waals surface area contributed by atoms with Crippen LogP contribution >= 0.6 is 0 Å². The molecule has 0 radical (unpaired) electrons. The Morgan fingerprint density at radius 1 is 0.826 bits per heavy atom. The minimum atomic E-state index is 0.105. The Labute approximate surface area is 138 Å². The van der Waals surface area contributed by atoms with E-state index >= 15 is 0 Å². The molecule has 2 rings (SSSR count). The second-order valence-corrected chi connectivity index (χ2v) is 6.00. The van der Waals surface area contributed by atoms with Crippen LogP contribution in [0.1, 0.15) is 5.56 Å². The van der Waals surface area contributed by atoms with E-state index in [-0.39, 0.29) is 5.91 Å². The standard InChI is InChI=1S/C19H25N3O/c1-20(2)17-12-10-16(11-13-17)14-22(4)19(23)15-21(3)18-8-6-5-7-9-18/h5-13H,14-15H2,1-4H3. The fourth-order valence-corrected chi connectivity index (χ4v) is 2.36. The molecule has 122 valence electrons. The molecule has 4 heteroatoms. The van der Waals surface area contributed by atoms with Gasteiger partial charge in [0.2, 0.25) is 5.91 Å². The van der Waals surface area contributed by atoms with E-state index in [9.17, 15) is 4.79 Å². The molecule has 23 heavy (non-hydrogen) atoms. The number of hydrogen-bond donors (Lipinski definition) is 0. The Kier molecular flexibility index (Phi) is 5.63. The third-order valence-corrected chi connectivity index (χ3v) is 3.87. The van der Waals surface area contributed by atoms with E-state index in [1.165, 1.54) is 0 Å². The highest BCUT2D eigenvalue weighted by atomic mass is 16.2. The van der Waals surface area contributed by atoms with E-state index in [0.717, 1.165) is 16.9 Å². The second kappa shape index (κ2) is 7.68. The smallest absolute Gasteiger partial charge is 0.242 e. The molecule has 0 bridgehead atoms. The van der Waals surface area contributed by atoms with Gasteiger partial charge in [0.25, 0.3) is 0 Å². The predicted octanol–water partition coefficient (Wildman–Crippen LogP) is 2.85. The van der Waals surface area contributed by atoms with E-state index in [2.05, 4.69) is 29.2 Å². The zero-order chi connectivity index (χ0) is 16.8. The Balaban J connectivity index is 1.92. The molecule has 2 aromatic rings. The summed E-state index contributed by atoms with van der Waals surface area (Å²) in [5, 5.41) is 0. The highest BCUT2D eigenvalue weighted by Gasteiger charge is 2.12. The largest absolute Gasteiger partial charge is 0.378 e. The number of carbonyl (C=O) groups is 1. The van der Waals surface area contributed by atoms with Crippen molar-refractivity contribution in [1.82, 2.24) is 4.90 Å². The van der Waals surface area contributed by atoms with E-state index in [0.29, 0.717) is 13.1 Å². The van der Waals surface area contributed by atoms with Gasteiger partial charge in [0.15, 0.2) is 0 Å². The maximum Gasteiger partial charge on any atom is 0.242 e. The van der Waals surface area contributed by atoms with Gasteiger partial charge >= 0.3 is 0 Å². The molecule has 0 aliphatic rings. The van der Waals surface area contributed by atoms with Crippen LogP contribution in [-0.2, 0) is 11.3 Å². The van der Waals surface area contributed by atoms with Crippen molar-refractivity contribution in [1.29, 1.82) is 0 Å². The van der Waals surface area contributed by atoms with Crippen molar-refractivity contribution < 1.29 is 4.79 Å². The Morgan fingerprint density at radius 2 is 1.43 bits per heavy atom. The predicted molar refractivity (Wildman–Crippen MR) is 97.0 cm³/mol. The van der Waals surface area contributed by atoms with E-state index < -0.39 is 0 Å². The van der Waals surface area contributed by atoms with Gasteiger partial charge in [-0.2, -0.15) is 0 Å². The Hall–Kier alpha value is -2.49. The fourth-order valence-electron chi connectivity index (χ4n) is 2.36. The molecule has 2 aromatic carbocycles. The quantitative estimate of drug-likeness (QED) is 0.821. The van der Waals surface area contributed by atoms with Crippen LogP contribution in [0.15, 0.2) is 54.6 Å². The van der Waals surface area contributed by atoms with Crippen molar-refractivity contribution in [3.05, 3.63) is 60.2 Å². The van der Waals surface area contributed by atoms with Gasteiger partial charge in [-0.1, -0.05) is 30.3 Å². The van der Waals surface area contributed by atoms with Crippen LogP contribution in [0, 0.1) is 0 Å². The number of hydrogen-bond acceptors (Lipinski definition) is 3. The summed E-state index contributed by atoms with van der Waals surface area (Å²) in [5.41, 5.74) is 3.34. The van der Waals surface area contributed by atoms with Gasteiger partial charge in [-0.05, 0) is 29.8 Å². The number of anilines is 2. The molecule has 0 unspecified atom stereocenters. The lowest BCUT2D eigenvalue weighted by Crippen LogP contribution is -2.36. The SMILES string of the molecule is CN(Cc1ccc(N(C)C)cc1)C(=O)CN(C)c1ccccc1. The number of nitrogens with zero attached hydrogens (tertiary/aromatic N) is 3. The summed E-state index contributed by atoms with van der Waals surface area (Å²) in [4.78, 5) is 18.2. The lowest BCUT2D eigenvalue weighted by molar-refractivity contribution is -0.128. The first-order valence-corrected chi connectivity index (χ1v) is 7.74. The summed E-state index contributed by atoms with van der Waals surface area (Å²) in [7, 11) is 7.82. The zero-order valence-electron chi connectivity index (χ0n) is 14.4. The maximum atomic E-state index is 12.4. The number of carbonyl (C=O) groups excluding carboxylic acids is 1. The third-order valence-electron chi connectivity index (χ3n) is 3.87. The average Bonchev–Trinajstić information content (AvgIpc) is 2.56. The van der Waals surface area contributed by atoms with Crippen molar-refractivity contribution in [2.24, 2.45) is 0 Å². The fraction of sp³-hybridized carbons (Fsp3) is 0.316. The topological polar surface area (TPSA) is 26.8 Å². The zero-order valence-corrected chi connectivity index (χ0v) is 14.4. The Morgan fingerprint density at radius 3 is 2.00 bits per heavy atom. The van der Waals surface area contributed by atoms with Crippen LogP contribution in [0.5, 0.6) is 0 Å². The normalized spacial score (nSPS) is 10.3. The van der Waals surface area contributed by atoms with Gasteiger partial charge in [-0.25, -0.2) is 0 Å². The summed E-state index contributed by atoms with van der Waals surface area (Å²) >= 11 is 0. The molecule has 0 fully saturated rings. The van der Waals surface area contributed by atoms with Gasteiger partial charge in [0.05, 0.1) is 6.54 Å². The highest BCUT2D eigenvalue weighted by molar-refractivity contribution is 5.81. The van der Waals surface area contributed by atoms with Crippen molar-refractivity contribution >= 4 is 17.3 Å². The van der Waals surface area contributed by atoms with Crippen molar-refractivity contribution in [2.75, 3.05) is 44.5 Å². The minimum Gasteiger partial charge on any atom is -0.378 e. The van der Waals surface area contributed by atoms with Gasteiger partial charge in [0.1, 0.15) is 0 Å². The van der Waals surface area contributed by atoms with Crippen molar-refractivity contribution in [3.8, 4) is 0 Å². The highest BCUT2D eigenvalue weighted by Crippen LogP contribution is 2.14. The molecular formula is C19H25N3O. The number of likely N-dealkylation sites (N-methyl/N-ethyl adjacent to an activating group) is 2. The lowest BCUT2D eigenvalue weighted by atomic mass is 10.2. The van der Waals surface area contributed by atoms with Gasteiger partial charge < -0.3 is 14.7 Å². The van der Waals surface area contributed by atoms with Crippen LogP contribution in [0.25, 0.3) is 0 Å². The summed E-state index contributed by atoms with van der Waals surface area (Å²) in [6.07, 6.45) is 0. The Bertz CT molecular complexity index is 623.